The number of hydrogen-bond donors (Lipinski definition) is 3. The molecular weight excluding hydrogens is 498 g/mol. The monoisotopic (exact) mass is 527 g/mol. The lowest BCUT2D eigenvalue weighted by Gasteiger charge is -2.11. The van der Waals surface area contributed by atoms with Gasteiger partial charge in [-0.3, -0.25) is 0 Å². The Morgan fingerprint density at radius 3 is 2.66 bits per heavy atom. The van der Waals surface area contributed by atoms with E-state index in [2.05, 4.69) is 31.1 Å². The van der Waals surface area contributed by atoms with E-state index in [1.54, 1.807) is 0 Å². The standard InChI is InChI=1S/C28H29N7O2S/c1-18(2)15-30-12-13-37-28(36)31-16-19-7-9-20(10-8-19)17-35-25-21-5-3-4-6-22(21)32-26(29)24(25)33-27(35)23-11-14-38-34-23/h3-11,14,30H,1,12-13,15-17H2,2H3,(H2,29,32)(H,31,36). The summed E-state index contributed by atoms with van der Waals surface area (Å²) in [5, 5.41) is 8.86. The number of aromatic nitrogens is 4. The molecule has 10 heteroatoms. The number of benzene rings is 2. The molecule has 0 bridgehead atoms. The van der Waals surface area contributed by atoms with Crippen LogP contribution >= 0.6 is 11.5 Å². The molecule has 194 valence electrons. The van der Waals surface area contributed by atoms with Gasteiger partial charge < -0.3 is 25.7 Å². The normalized spacial score (nSPS) is 11.2. The van der Waals surface area contributed by atoms with Gasteiger partial charge in [0, 0.05) is 36.9 Å². The summed E-state index contributed by atoms with van der Waals surface area (Å²) in [6.07, 6.45) is -0.443. The van der Waals surface area contributed by atoms with E-state index >= 15 is 0 Å². The Balaban J connectivity index is 1.32. The van der Waals surface area contributed by atoms with Crippen molar-refractivity contribution in [3.8, 4) is 11.5 Å². The van der Waals surface area contributed by atoms with Crippen LogP contribution in [-0.4, -0.2) is 44.7 Å². The van der Waals surface area contributed by atoms with E-state index in [1.807, 2.05) is 66.9 Å². The fourth-order valence-electron chi connectivity index (χ4n) is 4.22. The highest BCUT2D eigenvalue weighted by Gasteiger charge is 2.19. The number of hydrogen-bond acceptors (Lipinski definition) is 8. The number of rotatable bonds is 10. The summed E-state index contributed by atoms with van der Waals surface area (Å²) < 4.78 is 11.9. The van der Waals surface area contributed by atoms with Crippen LogP contribution in [0.5, 0.6) is 0 Å². The van der Waals surface area contributed by atoms with Gasteiger partial charge in [0.2, 0.25) is 0 Å². The molecule has 0 aliphatic carbocycles. The molecule has 38 heavy (non-hydrogen) atoms. The van der Waals surface area contributed by atoms with Crippen molar-refractivity contribution in [1.29, 1.82) is 0 Å². The van der Waals surface area contributed by atoms with E-state index in [0.29, 0.717) is 44.1 Å². The van der Waals surface area contributed by atoms with Crippen LogP contribution in [0.1, 0.15) is 18.1 Å². The van der Waals surface area contributed by atoms with Gasteiger partial charge in [-0.1, -0.05) is 54.6 Å². The van der Waals surface area contributed by atoms with E-state index in [0.717, 1.165) is 44.6 Å². The molecule has 9 nitrogen and oxygen atoms in total. The van der Waals surface area contributed by atoms with Crippen molar-refractivity contribution in [3.05, 3.63) is 83.3 Å². The minimum Gasteiger partial charge on any atom is -0.448 e. The molecule has 0 radical (unpaired) electrons. The Hall–Kier alpha value is -4.28. The molecule has 0 saturated carbocycles. The van der Waals surface area contributed by atoms with Gasteiger partial charge in [0.1, 0.15) is 17.8 Å². The molecule has 5 rings (SSSR count). The number of carbonyl (C=O) groups excluding carboxylic acids is 1. The Kier molecular flexibility index (Phi) is 7.62. The summed E-state index contributed by atoms with van der Waals surface area (Å²) in [7, 11) is 0. The van der Waals surface area contributed by atoms with Crippen LogP contribution in [0.4, 0.5) is 10.6 Å². The average Bonchev–Trinajstić information content (AvgIpc) is 3.57. The molecule has 2 aromatic carbocycles. The first-order valence-electron chi connectivity index (χ1n) is 12.3. The number of nitrogens with zero attached hydrogens (tertiary/aromatic N) is 4. The van der Waals surface area contributed by atoms with Crippen LogP contribution in [0, 0.1) is 0 Å². The maximum atomic E-state index is 12.0. The first kappa shape index (κ1) is 25.4. The topological polar surface area (TPSA) is 120 Å². The van der Waals surface area contributed by atoms with Gasteiger partial charge in [-0.15, -0.1) is 0 Å². The molecule has 0 fully saturated rings. The quantitative estimate of drug-likeness (QED) is 0.177. The summed E-state index contributed by atoms with van der Waals surface area (Å²) in [5.74, 6) is 1.14. The molecule has 0 atom stereocenters. The largest absolute Gasteiger partial charge is 0.448 e. The van der Waals surface area contributed by atoms with Crippen LogP contribution in [0.2, 0.25) is 0 Å². The van der Waals surface area contributed by atoms with Crippen molar-refractivity contribution in [3.63, 3.8) is 0 Å². The van der Waals surface area contributed by atoms with E-state index < -0.39 is 6.09 Å². The van der Waals surface area contributed by atoms with Crippen molar-refractivity contribution >= 4 is 45.4 Å². The Morgan fingerprint density at radius 2 is 1.89 bits per heavy atom. The number of nitrogens with one attached hydrogen (secondary N) is 2. The second-order valence-electron chi connectivity index (χ2n) is 9.06. The molecule has 0 aliphatic heterocycles. The predicted molar refractivity (Wildman–Crippen MR) is 152 cm³/mol. The molecule has 0 unspecified atom stereocenters. The van der Waals surface area contributed by atoms with Crippen molar-refractivity contribution in [1.82, 2.24) is 29.5 Å². The van der Waals surface area contributed by atoms with Crippen LogP contribution in [0.3, 0.4) is 0 Å². The zero-order chi connectivity index (χ0) is 26.5. The smallest absolute Gasteiger partial charge is 0.407 e. The predicted octanol–water partition coefficient (Wildman–Crippen LogP) is 4.73. The number of carbonyl (C=O) groups is 1. The van der Waals surface area contributed by atoms with E-state index in [4.69, 9.17) is 15.5 Å². The van der Waals surface area contributed by atoms with Gasteiger partial charge in [-0.05, 0) is 41.7 Å². The van der Waals surface area contributed by atoms with Crippen LogP contribution in [0.25, 0.3) is 33.5 Å². The SMILES string of the molecule is C=C(C)CNCCOC(=O)NCc1ccc(Cn2c(-c3ccsn3)nc3c(N)nc4ccccc4c32)cc1. The lowest BCUT2D eigenvalue weighted by molar-refractivity contribution is 0.146. The maximum Gasteiger partial charge on any atom is 0.407 e. The third kappa shape index (κ3) is 5.66. The number of ether oxygens (including phenoxy) is 1. The molecule has 3 aromatic heterocycles. The minimum absolute atomic E-state index is 0.299. The van der Waals surface area contributed by atoms with Gasteiger partial charge in [-0.2, -0.15) is 4.37 Å². The number of nitrogen functional groups attached to an aromatic ring is 1. The number of amides is 1. The molecular formula is C28H29N7O2S. The number of anilines is 1. The van der Waals surface area contributed by atoms with Gasteiger partial charge in [0.25, 0.3) is 0 Å². The molecule has 1 amide bonds. The summed E-state index contributed by atoms with van der Waals surface area (Å²) in [4.78, 5) is 21.4. The van der Waals surface area contributed by atoms with Crippen molar-refractivity contribution in [2.45, 2.75) is 20.0 Å². The first-order chi connectivity index (χ1) is 18.5. The Labute approximate surface area is 224 Å². The number of fused-ring (bicyclic) bond motifs is 3. The number of nitrogens with two attached hydrogens (primary N) is 1. The lowest BCUT2D eigenvalue weighted by atomic mass is 10.1. The fraction of sp³-hybridized carbons (Fsp3) is 0.214. The maximum absolute atomic E-state index is 12.0. The summed E-state index contributed by atoms with van der Waals surface area (Å²) in [5.41, 5.74) is 12.6. The number of para-hydroxylation sites is 1. The van der Waals surface area contributed by atoms with Gasteiger partial charge in [0.15, 0.2) is 11.6 Å². The minimum atomic E-state index is -0.443. The van der Waals surface area contributed by atoms with Gasteiger partial charge in [-0.25, -0.2) is 14.8 Å². The van der Waals surface area contributed by atoms with E-state index in [9.17, 15) is 4.79 Å². The second-order valence-corrected chi connectivity index (χ2v) is 9.72. The van der Waals surface area contributed by atoms with Crippen molar-refractivity contribution in [2.75, 3.05) is 25.4 Å². The lowest BCUT2D eigenvalue weighted by Crippen LogP contribution is -2.28. The summed E-state index contributed by atoms with van der Waals surface area (Å²) in [6, 6.07) is 18.0. The molecule has 4 N–H and O–H groups in total. The summed E-state index contributed by atoms with van der Waals surface area (Å²) >= 11 is 1.38. The zero-order valence-electron chi connectivity index (χ0n) is 21.1. The van der Waals surface area contributed by atoms with Gasteiger partial charge >= 0.3 is 6.09 Å². The third-order valence-corrected chi connectivity index (χ3v) is 6.58. The fourth-order valence-corrected chi connectivity index (χ4v) is 4.73. The highest BCUT2D eigenvalue weighted by molar-refractivity contribution is 7.03. The van der Waals surface area contributed by atoms with Crippen LogP contribution < -0.4 is 16.4 Å². The highest BCUT2D eigenvalue weighted by Crippen LogP contribution is 2.33. The second kappa shape index (κ2) is 11.4. The number of pyridine rings is 1. The molecule has 3 heterocycles. The van der Waals surface area contributed by atoms with E-state index in [1.165, 1.54) is 11.5 Å². The molecule has 5 aromatic rings. The first-order valence-corrected chi connectivity index (χ1v) is 13.1. The average molecular weight is 528 g/mol. The molecule has 0 aliphatic rings. The van der Waals surface area contributed by atoms with Gasteiger partial charge in [0.05, 0.1) is 11.0 Å². The zero-order valence-corrected chi connectivity index (χ0v) is 21.9. The van der Waals surface area contributed by atoms with E-state index in [-0.39, 0.29) is 0 Å². The third-order valence-electron chi connectivity index (χ3n) is 6.02. The Bertz CT molecular complexity index is 1580. The van der Waals surface area contributed by atoms with Crippen LogP contribution in [-0.2, 0) is 17.8 Å². The number of imidazole rings is 1. The summed E-state index contributed by atoms with van der Waals surface area (Å²) in [6.45, 7) is 8.31. The van der Waals surface area contributed by atoms with Crippen molar-refractivity contribution < 1.29 is 9.53 Å². The van der Waals surface area contributed by atoms with Crippen molar-refractivity contribution in [2.24, 2.45) is 0 Å². The molecule has 0 saturated heterocycles. The Morgan fingerprint density at radius 1 is 1.11 bits per heavy atom. The molecule has 0 spiro atoms. The highest BCUT2D eigenvalue weighted by atomic mass is 32.1. The van der Waals surface area contributed by atoms with Crippen LogP contribution in [0.15, 0.2) is 72.1 Å². The number of alkyl carbamates (subject to hydrolysis) is 1.